The number of amides is 2. The number of ether oxygens (including phenoxy) is 2. The van der Waals surface area contributed by atoms with Gasteiger partial charge in [0.2, 0.25) is 11.8 Å². The predicted molar refractivity (Wildman–Crippen MR) is 93.4 cm³/mol. The van der Waals surface area contributed by atoms with E-state index in [2.05, 4.69) is 10.6 Å². The van der Waals surface area contributed by atoms with E-state index in [1.54, 1.807) is 12.1 Å². The topological polar surface area (TPSA) is 76.7 Å². The predicted octanol–water partition coefficient (Wildman–Crippen LogP) is 1.71. The Morgan fingerprint density at radius 2 is 2.35 bits per heavy atom. The highest BCUT2D eigenvalue weighted by atomic mass is 19.1. The molecule has 0 bridgehead atoms. The maximum absolute atomic E-state index is 14.3. The molecule has 0 spiro atoms. The number of carbonyl (C=O) groups is 2. The van der Waals surface area contributed by atoms with Gasteiger partial charge in [-0.3, -0.25) is 9.59 Å². The monoisotopic (exact) mass is 364 g/mol. The van der Waals surface area contributed by atoms with Crippen molar-refractivity contribution < 1.29 is 23.5 Å². The van der Waals surface area contributed by atoms with Gasteiger partial charge in [-0.15, -0.1) is 0 Å². The summed E-state index contributed by atoms with van der Waals surface area (Å²) in [5.41, 5.74) is -0.0756. The van der Waals surface area contributed by atoms with Crippen LogP contribution in [0.1, 0.15) is 37.7 Å². The zero-order valence-corrected chi connectivity index (χ0v) is 15.0. The molecule has 0 aliphatic carbocycles. The fraction of sp³-hybridized carbons (Fsp3) is 0.579. The van der Waals surface area contributed by atoms with Crippen LogP contribution in [0.25, 0.3) is 0 Å². The molecule has 142 valence electrons. The molecule has 0 radical (unpaired) electrons. The molecule has 0 saturated carbocycles. The molecule has 6 nitrogen and oxygen atoms in total. The standard InChI is InChI=1S/C19H25FN2O4/c1-25-15-3-2-13(16(20)10-15)11-19(8-5-18(24)22-19)7-4-17(23)21-14-6-9-26-12-14/h2-3,10,14H,4-9,11-12H2,1H3,(H,21,23)(H,22,24)/t14-,19-/m1/s1. The van der Waals surface area contributed by atoms with E-state index in [0.717, 1.165) is 6.42 Å². The molecule has 2 aliphatic heterocycles. The van der Waals surface area contributed by atoms with Gasteiger partial charge in [0.15, 0.2) is 0 Å². The van der Waals surface area contributed by atoms with E-state index in [0.29, 0.717) is 50.2 Å². The van der Waals surface area contributed by atoms with Gasteiger partial charge in [0.05, 0.1) is 19.8 Å². The molecule has 2 N–H and O–H groups in total. The number of nitrogens with one attached hydrogen (secondary N) is 2. The van der Waals surface area contributed by atoms with Gasteiger partial charge in [-0.1, -0.05) is 6.07 Å². The Bertz CT molecular complexity index is 676. The molecule has 0 aromatic heterocycles. The zero-order chi connectivity index (χ0) is 18.6. The second kappa shape index (κ2) is 8.03. The summed E-state index contributed by atoms with van der Waals surface area (Å²) in [5, 5.41) is 5.93. The number of halogens is 1. The Balaban J connectivity index is 1.64. The summed E-state index contributed by atoms with van der Waals surface area (Å²) in [6.07, 6.45) is 2.93. The molecule has 1 aromatic carbocycles. The van der Waals surface area contributed by atoms with Crippen LogP contribution < -0.4 is 15.4 Å². The summed E-state index contributed by atoms with van der Waals surface area (Å²) in [7, 11) is 1.49. The molecule has 26 heavy (non-hydrogen) atoms. The second-order valence-corrected chi connectivity index (χ2v) is 7.09. The Morgan fingerprint density at radius 1 is 1.50 bits per heavy atom. The first-order valence-corrected chi connectivity index (χ1v) is 9.00. The third-order valence-corrected chi connectivity index (χ3v) is 5.15. The molecule has 2 saturated heterocycles. The van der Waals surface area contributed by atoms with Crippen LogP contribution in [0.5, 0.6) is 5.75 Å². The van der Waals surface area contributed by atoms with Gasteiger partial charge in [0.25, 0.3) is 0 Å². The lowest BCUT2D eigenvalue weighted by molar-refractivity contribution is -0.123. The minimum atomic E-state index is -0.587. The molecule has 2 atom stereocenters. The van der Waals surface area contributed by atoms with Crippen molar-refractivity contribution >= 4 is 11.8 Å². The van der Waals surface area contributed by atoms with Crippen molar-refractivity contribution in [3.05, 3.63) is 29.6 Å². The summed E-state index contributed by atoms with van der Waals surface area (Å²) in [4.78, 5) is 24.0. The maximum Gasteiger partial charge on any atom is 0.220 e. The van der Waals surface area contributed by atoms with E-state index in [4.69, 9.17) is 9.47 Å². The van der Waals surface area contributed by atoms with Crippen LogP contribution in [0.4, 0.5) is 4.39 Å². The van der Waals surface area contributed by atoms with Gasteiger partial charge >= 0.3 is 0 Å². The molecule has 3 rings (SSSR count). The number of methoxy groups -OCH3 is 1. The first-order chi connectivity index (χ1) is 12.5. The number of carbonyl (C=O) groups excluding carboxylic acids is 2. The molecule has 7 heteroatoms. The number of benzene rings is 1. The summed E-state index contributed by atoms with van der Waals surface area (Å²) in [6, 6.07) is 4.79. The van der Waals surface area contributed by atoms with Crippen molar-refractivity contribution in [2.24, 2.45) is 0 Å². The molecular weight excluding hydrogens is 339 g/mol. The molecular formula is C19H25FN2O4. The van der Waals surface area contributed by atoms with Crippen LogP contribution in [0.2, 0.25) is 0 Å². The SMILES string of the molecule is COc1ccc(C[C@@]2(CCC(=O)N[C@@H]3CCOC3)CCC(=O)N2)c(F)c1. The van der Waals surface area contributed by atoms with Crippen LogP contribution in [-0.2, 0) is 20.7 Å². The molecule has 1 aromatic rings. The highest BCUT2D eigenvalue weighted by Crippen LogP contribution is 2.31. The normalized spacial score (nSPS) is 25.2. The lowest BCUT2D eigenvalue weighted by Crippen LogP contribution is -2.45. The van der Waals surface area contributed by atoms with Gasteiger partial charge in [-0.25, -0.2) is 4.39 Å². The number of rotatable bonds is 7. The van der Waals surface area contributed by atoms with Crippen LogP contribution >= 0.6 is 0 Å². The minimum Gasteiger partial charge on any atom is -0.497 e. The van der Waals surface area contributed by atoms with E-state index in [1.165, 1.54) is 13.2 Å². The molecule has 2 amide bonds. The van der Waals surface area contributed by atoms with Crippen molar-refractivity contribution in [2.45, 2.75) is 50.1 Å². The van der Waals surface area contributed by atoms with E-state index in [-0.39, 0.29) is 30.1 Å². The lowest BCUT2D eigenvalue weighted by atomic mass is 9.84. The average molecular weight is 364 g/mol. The van der Waals surface area contributed by atoms with Gasteiger partial charge in [-0.2, -0.15) is 0 Å². The molecule has 2 fully saturated rings. The van der Waals surface area contributed by atoms with Crippen LogP contribution in [0.3, 0.4) is 0 Å². The summed E-state index contributed by atoms with van der Waals surface area (Å²) >= 11 is 0. The van der Waals surface area contributed by atoms with E-state index < -0.39 is 5.54 Å². The van der Waals surface area contributed by atoms with E-state index in [1.807, 2.05) is 0 Å². The third kappa shape index (κ3) is 4.52. The summed E-state index contributed by atoms with van der Waals surface area (Å²) in [6.45, 7) is 1.21. The highest BCUT2D eigenvalue weighted by Gasteiger charge is 2.38. The summed E-state index contributed by atoms with van der Waals surface area (Å²) < 4.78 is 24.6. The van der Waals surface area contributed by atoms with E-state index in [9.17, 15) is 14.0 Å². The molecule has 0 unspecified atom stereocenters. The van der Waals surface area contributed by atoms with Crippen molar-refractivity contribution in [2.75, 3.05) is 20.3 Å². The van der Waals surface area contributed by atoms with Crippen LogP contribution in [-0.4, -0.2) is 43.7 Å². The van der Waals surface area contributed by atoms with Crippen molar-refractivity contribution in [3.63, 3.8) is 0 Å². The Hall–Kier alpha value is -2.15. The van der Waals surface area contributed by atoms with Crippen LogP contribution in [0.15, 0.2) is 18.2 Å². The quantitative estimate of drug-likeness (QED) is 0.772. The highest BCUT2D eigenvalue weighted by molar-refractivity contribution is 5.80. The minimum absolute atomic E-state index is 0.0523. The average Bonchev–Trinajstić information content (AvgIpc) is 3.25. The zero-order valence-electron chi connectivity index (χ0n) is 15.0. The first-order valence-electron chi connectivity index (χ1n) is 9.00. The first kappa shape index (κ1) is 18.6. The third-order valence-electron chi connectivity index (χ3n) is 5.15. The summed E-state index contributed by atoms with van der Waals surface area (Å²) in [5.74, 6) is -0.0221. The van der Waals surface area contributed by atoms with Crippen molar-refractivity contribution in [3.8, 4) is 5.75 Å². The van der Waals surface area contributed by atoms with Crippen molar-refractivity contribution in [1.29, 1.82) is 0 Å². The van der Waals surface area contributed by atoms with Crippen molar-refractivity contribution in [1.82, 2.24) is 10.6 Å². The van der Waals surface area contributed by atoms with Gasteiger partial charge in [0, 0.05) is 31.1 Å². The lowest BCUT2D eigenvalue weighted by Gasteiger charge is -2.29. The number of hydrogen-bond acceptors (Lipinski definition) is 4. The largest absolute Gasteiger partial charge is 0.497 e. The van der Waals surface area contributed by atoms with Crippen LogP contribution in [0, 0.1) is 5.82 Å². The van der Waals surface area contributed by atoms with Gasteiger partial charge < -0.3 is 20.1 Å². The fourth-order valence-electron chi connectivity index (χ4n) is 3.65. The Kier molecular flexibility index (Phi) is 5.76. The number of hydrogen-bond donors (Lipinski definition) is 2. The van der Waals surface area contributed by atoms with Gasteiger partial charge in [0.1, 0.15) is 11.6 Å². The molecule has 2 heterocycles. The Labute approximate surface area is 152 Å². The molecule has 2 aliphatic rings. The maximum atomic E-state index is 14.3. The smallest absolute Gasteiger partial charge is 0.220 e. The van der Waals surface area contributed by atoms with Gasteiger partial charge in [-0.05, 0) is 37.3 Å². The Morgan fingerprint density at radius 3 is 2.96 bits per heavy atom. The van der Waals surface area contributed by atoms with E-state index >= 15 is 0 Å². The fourth-order valence-corrected chi connectivity index (χ4v) is 3.65. The second-order valence-electron chi connectivity index (χ2n) is 7.09.